The summed E-state index contributed by atoms with van der Waals surface area (Å²) in [6.07, 6.45) is 7.09. The minimum Gasteiger partial charge on any atom is -0.494 e. The molecule has 0 bridgehead atoms. The molecule has 0 saturated heterocycles. The molecule has 0 atom stereocenters. The van der Waals surface area contributed by atoms with Gasteiger partial charge in [0.15, 0.2) is 16.7 Å². The number of aromatic nitrogens is 2. The monoisotopic (exact) mass is 460 g/mol. The molecule has 0 spiro atoms. The largest absolute Gasteiger partial charge is 0.494 e. The van der Waals surface area contributed by atoms with Crippen LogP contribution in [-0.2, 0) is 21.5 Å². The van der Waals surface area contributed by atoms with Gasteiger partial charge in [0.1, 0.15) is 0 Å². The highest BCUT2D eigenvalue weighted by Crippen LogP contribution is 2.30. The zero-order chi connectivity index (χ0) is 23.0. The molecule has 11 nitrogen and oxygen atoms in total. The molecular weight excluding hydrogens is 432 g/mol. The van der Waals surface area contributed by atoms with Crippen molar-refractivity contribution < 1.29 is 43.0 Å². The van der Waals surface area contributed by atoms with Gasteiger partial charge in [0.25, 0.3) is 16.0 Å². The van der Waals surface area contributed by atoms with Gasteiger partial charge in [-0.1, -0.05) is 38.5 Å². The van der Waals surface area contributed by atoms with Gasteiger partial charge < -0.3 is 25.3 Å². The van der Waals surface area contributed by atoms with E-state index in [-0.39, 0.29) is 22.9 Å². The molecule has 0 aliphatic rings. The van der Waals surface area contributed by atoms with Crippen LogP contribution >= 0.6 is 0 Å². The van der Waals surface area contributed by atoms with Gasteiger partial charge in [-0.15, -0.1) is 4.73 Å². The Hall–Kier alpha value is -2.86. The van der Waals surface area contributed by atoms with Crippen molar-refractivity contribution in [2.24, 2.45) is 0 Å². The molecule has 0 amide bonds. The van der Waals surface area contributed by atoms with Crippen LogP contribution in [0.3, 0.4) is 0 Å². The molecule has 174 valence electrons. The highest BCUT2D eigenvalue weighted by Gasteiger charge is 2.25. The number of nitrogens with zero attached hydrogens (tertiary/aromatic N) is 2. The quantitative estimate of drug-likeness (QED) is 0.222. The van der Waals surface area contributed by atoms with Crippen LogP contribution in [0.4, 0.5) is 0 Å². The maximum Gasteiger partial charge on any atom is 0.333 e. The summed E-state index contributed by atoms with van der Waals surface area (Å²) in [7, 11) is -4.77. The predicted octanol–water partition coefficient (Wildman–Crippen LogP) is 2.53. The lowest BCUT2D eigenvalue weighted by Gasteiger charge is -2.07. The van der Waals surface area contributed by atoms with Gasteiger partial charge in [-0.2, -0.15) is 8.42 Å². The molecule has 0 unspecified atom stereocenters. The summed E-state index contributed by atoms with van der Waals surface area (Å²) in [4.78, 5) is 15.6. The number of hydrogen-bond donors (Lipinski definition) is 5. The molecule has 2 aromatic heterocycles. The van der Waals surface area contributed by atoms with Gasteiger partial charge in [0.2, 0.25) is 5.88 Å². The number of rotatable bonds is 13. The Labute approximate surface area is 179 Å². The molecule has 0 aliphatic heterocycles. The van der Waals surface area contributed by atoms with Crippen LogP contribution in [0.2, 0.25) is 0 Å². The van der Waals surface area contributed by atoms with E-state index < -0.39 is 32.7 Å². The van der Waals surface area contributed by atoms with Crippen LogP contribution < -0.4 is 4.84 Å². The van der Waals surface area contributed by atoms with E-state index in [2.05, 4.69) is 0 Å². The van der Waals surface area contributed by atoms with Crippen molar-refractivity contribution in [1.29, 1.82) is 0 Å². The summed E-state index contributed by atoms with van der Waals surface area (Å²) in [5.74, 6) is -2.58. The molecular formula is C19H28N2O9S. The van der Waals surface area contributed by atoms with Crippen molar-refractivity contribution >= 4 is 16.1 Å². The number of carbonyl (C=O) groups is 1. The lowest BCUT2D eigenvalue weighted by Crippen LogP contribution is -2.18. The Morgan fingerprint density at radius 1 is 0.839 bits per heavy atom. The smallest absolute Gasteiger partial charge is 0.333 e. The first-order valence-corrected chi connectivity index (χ1v) is 11.4. The second-order valence-electron chi connectivity index (χ2n) is 7.20. The third kappa shape index (κ3) is 7.10. The molecule has 2 rings (SSSR count). The first kappa shape index (κ1) is 24.4. The van der Waals surface area contributed by atoms with Crippen LogP contribution in [0.1, 0.15) is 57.8 Å². The number of aromatic hydroxyl groups is 4. The van der Waals surface area contributed by atoms with Crippen molar-refractivity contribution in [1.82, 2.24) is 9.30 Å². The van der Waals surface area contributed by atoms with E-state index in [0.717, 1.165) is 44.9 Å². The van der Waals surface area contributed by atoms with E-state index in [1.807, 2.05) is 0 Å². The standard InChI is InChI=1S/C19H28N2O9S/c22-15-10-11-16(23)20(15)12-8-6-4-2-1-3-5-7-9-18(25)30-21-17(24)13-14(19(21)26)31(27,28)29/h10-11,13,22-24,26H,1-9,12H2,(H,27,28,29). The number of hydrogen-bond acceptors (Lipinski definition) is 8. The summed E-state index contributed by atoms with van der Waals surface area (Å²) >= 11 is 0. The normalized spacial score (nSPS) is 11.6. The number of unbranched alkanes of at least 4 members (excludes halogenated alkanes) is 7. The fourth-order valence-corrected chi connectivity index (χ4v) is 3.72. The molecule has 5 N–H and O–H groups in total. The Morgan fingerprint density at radius 2 is 1.35 bits per heavy atom. The Balaban J connectivity index is 1.55. The summed E-state index contributed by atoms with van der Waals surface area (Å²) in [6, 6.07) is 3.47. The zero-order valence-electron chi connectivity index (χ0n) is 17.0. The molecule has 0 radical (unpaired) electrons. The lowest BCUT2D eigenvalue weighted by molar-refractivity contribution is -0.145. The third-order valence-corrected chi connectivity index (χ3v) is 5.66. The Morgan fingerprint density at radius 3 is 1.87 bits per heavy atom. The van der Waals surface area contributed by atoms with Crippen molar-refractivity contribution in [3.63, 3.8) is 0 Å². The first-order chi connectivity index (χ1) is 14.6. The lowest BCUT2D eigenvalue weighted by atomic mass is 10.1. The average Bonchev–Trinajstić information content (AvgIpc) is 3.16. The maximum absolute atomic E-state index is 11.8. The fraction of sp³-hybridized carbons (Fsp3) is 0.526. The first-order valence-electron chi connectivity index (χ1n) is 10.0. The minimum atomic E-state index is -4.77. The van der Waals surface area contributed by atoms with Crippen LogP contribution in [-0.4, -0.2) is 48.7 Å². The predicted molar refractivity (Wildman–Crippen MR) is 108 cm³/mol. The molecule has 0 saturated carbocycles. The van der Waals surface area contributed by atoms with E-state index in [9.17, 15) is 33.6 Å². The molecule has 2 heterocycles. The van der Waals surface area contributed by atoms with Gasteiger partial charge in [0, 0.05) is 31.2 Å². The van der Waals surface area contributed by atoms with Crippen molar-refractivity contribution in [3.05, 3.63) is 18.2 Å². The van der Waals surface area contributed by atoms with Crippen molar-refractivity contribution in [2.75, 3.05) is 0 Å². The highest BCUT2D eigenvalue weighted by atomic mass is 32.2. The Bertz CT molecular complexity index is 959. The molecule has 0 fully saturated rings. The molecule has 2 aromatic rings. The highest BCUT2D eigenvalue weighted by molar-refractivity contribution is 7.86. The summed E-state index contributed by atoms with van der Waals surface area (Å²) < 4.78 is 32.7. The van der Waals surface area contributed by atoms with Gasteiger partial charge in [-0.3, -0.25) is 9.12 Å². The molecule has 31 heavy (non-hydrogen) atoms. The van der Waals surface area contributed by atoms with Gasteiger partial charge in [-0.05, 0) is 12.8 Å². The fourth-order valence-electron chi connectivity index (χ4n) is 3.15. The number of carbonyl (C=O) groups excluding carboxylic acids is 1. The van der Waals surface area contributed by atoms with Crippen molar-refractivity contribution in [2.45, 2.75) is 69.2 Å². The van der Waals surface area contributed by atoms with Gasteiger partial charge >= 0.3 is 5.97 Å². The maximum atomic E-state index is 11.8. The van der Waals surface area contributed by atoms with Crippen LogP contribution in [0.25, 0.3) is 0 Å². The summed E-state index contributed by atoms with van der Waals surface area (Å²) in [5.41, 5.74) is 0. The van der Waals surface area contributed by atoms with E-state index >= 15 is 0 Å². The van der Waals surface area contributed by atoms with E-state index in [1.165, 1.54) is 16.7 Å². The molecule has 12 heteroatoms. The van der Waals surface area contributed by atoms with Crippen LogP contribution in [0.5, 0.6) is 23.5 Å². The van der Waals surface area contributed by atoms with E-state index in [1.54, 1.807) is 0 Å². The topological polar surface area (TPSA) is 171 Å². The van der Waals surface area contributed by atoms with Gasteiger partial charge in [-0.25, -0.2) is 4.79 Å². The summed E-state index contributed by atoms with van der Waals surface area (Å²) in [5, 5.41) is 38.3. The second-order valence-corrected chi connectivity index (χ2v) is 8.59. The van der Waals surface area contributed by atoms with E-state index in [0.29, 0.717) is 19.0 Å². The van der Waals surface area contributed by atoms with Crippen LogP contribution in [0.15, 0.2) is 23.1 Å². The molecule has 0 aromatic carbocycles. The third-order valence-electron chi connectivity index (χ3n) is 4.80. The zero-order valence-corrected chi connectivity index (χ0v) is 17.8. The van der Waals surface area contributed by atoms with Crippen LogP contribution in [0, 0.1) is 0 Å². The molecule has 0 aliphatic carbocycles. The Kier molecular flexibility index (Phi) is 8.63. The summed E-state index contributed by atoms with van der Waals surface area (Å²) in [6.45, 7) is 0.561. The van der Waals surface area contributed by atoms with Gasteiger partial charge in [0.05, 0.1) is 0 Å². The second kappa shape index (κ2) is 11.0. The average molecular weight is 461 g/mol. The van der Waals surface area contributed by atoms with Crippen molar-refractivity contribution in [3.8, 4) is 23.5 Å². The minimum absolute atomic E-state index is 0.0160. The van der Waals surface area contributed by atoms with E-state index in [4.69, 9.17) is 9.39 Å². The SMILES string of the molecule is O=C(CCCCCCCCCCn1c(O)ccc1O)On1c(O)cc(S(=O)(=O)O)c1O.